The molecule has 242 valence electrons. The molecule has 4 heterocycles. The summed E-state index contributed by atoms with van der Waals surface area (Å²) in [5, 5.41) is 3.29. The fourth-order valence-electron chi connectivity index (χ4n) is 6.80. The number of nitrogens with two attached hydrogens (primary N) is 1. The van der Waals surface area contributed by atoms with Crippen LogP contribution in [0.2, 0.25) is 0 Å². The number of nitrogens with one attached hydrogen (secondary N) is 1. The highest BCUT2D eigenvalue weighted by Gasteiger charge is 2.40. The van der Waals surface area contributed by atoms with Gasteiger partial charge in [0.05, 0.1) is 43.4 Å². The molecule has 4 fully saturated rings. The van der Waals surface area contributed by atoms with Crippen LogP contribution in [0.4, 0.5) is 13.2 Å². The number of halogens is 3. The Morgan fingerprint density at radius 2 is 1.86 bits per heavy atom. The standard InChI is InChI=1S/C32H44F3N5O4/c1-21(22(2)37-18-26-4-3-5-28(44-26)23-6-8-24(9-7-23)32(33,34)35)30(38-20-36)31(41)39-13-10-25(11-14-39)40-15-17-43-29-19-42-16-12-27(29)40/h6-9,20,25-29,37H,2-5,10-19H2,1H3,(H2,36,38)/b30-21-/t26-,27?,28+,29?/m1/s1. The van der Waals surface area contributed by atoms with Gasteiger partial charge in [0.25, 0.3) is 5.91 Å². The van der Waals surface area contributed by atoms with Gasteiger partial charge in [-0.3, -0.25) is 9.69 Å². The Kier molecular flexibility index (Phi) is 10.7. The number of carbonyl (C=O) groups excluding carboxylic acids is 1. The van der Waals surface area contributed by atoms with Crippen LogP contribution in [0.5, 0.6) is 0 Å². The number of piperidine rings is 1. The van der Waals surface area contributed by atoms with Crippen molar-refractivity contribution in [2.45, 2.75) is 82.0 Å². The molecule has 12 heteroatoms. The van der Waals surface area contributed by atoms with E-state index in [0.29, 0.717) is 56.2 Å². The van der Waals surface area contributed by atoms with Gasteiger partial charge >= 0.3 is 6.18 Å². The number of benzene rings is 1. The number of rotatable bonds is 8. The monoisotopic (exact) mass is 619 g/mol. The highest BCUT2D eigenvalue weighted by molar-refractivity contribution is 5.95. The SMILES string of the molecule is C=C(NC[C@H]1CCC[C@@H](c2ccc(C(F)(F)F)cc2)O1)/C(C)=C(\N=CN)C(=O)N1CCC(N2CCOC3COCCC32)CC1. The Morgan fingerprint density at radius 1 is 1.11 bits per heavy atom. The van der Waals surface area contributed by atoms with Gasteiger partial charge in [-0.15, -0.1) is 0 Å². The molecule has 2 unspecified atom stereocenters. The third-order valence-corrected chi connectivity index (χ3v) is 9.31. The van der Waals surface area contributed by atoms with Gasteiger partial charge in [-0.2, -0.15) is 13.2 Å². The van der Waals surface area contributed by atoms with Gasteiger partial charge in [-0.25, -0.2) is 4.99 Å². The summed E-state index contributed by atoms with van der Waals surface area (Å²) < 4.78 is 56.7. The fourth-order valence-corrected chi connectivity index (χ4v) is 6.80. The topological polar surface area (TPSA) is 102 Å². The van der Waals surface area contributed by atoms with Crippen molar-refractivity contribution in [3.8, 4) is 0 Å². The Morgan fingerprint density at radius 3 is 2.57 bits per heavy atom. The predicted octanol–water partition coefficient (Wildman–Crippen LogP) is 4.16. The molecule has 0 bridgehead atoms. The smallest absolute Gasteiger partial charge is 0.390 e. The molecule has 0 spiro atoms. The summed E-state index contributed by atoms with van der Waals surface area (Å²) in [6.07, 6.45) is 1.62. The predicted molar refractivity (Wildman–Crippen MR) is 161 cm³/mol. The number of ether oxygens (including phenoxy) is 3. The van der Waals surface area contributed by atoms with Crippen molar-refractivity contribution in [1.82, 2.24) is 15.1 Å². The lowest BCUT2D eigenvalue weighted by atomic mass is 9.95. The molecule has 5 rings (SSSR count). The summed E-state index contributed by atoms with van der Waals surface area (Å²) in [7, 11) is 0. The van der Waals surface area contributed by atoms with Crippen LogP contribution in [0.25, 0.3) is 0 Å². The summed E-state index contributed by atoms with van der Waals surface area (Å²) >= 11 is 0. The molecule has 0 saturated carbocycles. The van der Waals surface area contributed by atoms with Crippen LogP contribution < -0.4 is 11.1 Å². The number of amides is 1. The van der Waals surface area contributed by atoms with Crippen molar-refractivity contribution < 1.29 is 32.2 Å². The molecule has 9 nitrogen and oxygen atoms in total. The van der Waals surface area contributed by atoms with Gasteiger partial charge in [0.15, 0.2) is 0 Å². The molecule has 1 aromatic rings. The lowest BCUT2D eigenvalue weighted by Crippen LogP contribution is -2.60. The molecule has 1 aromatic carbocycles. The number of allylic oxidation sites excluding steroid dienone is 1. The van der Waals surface area contributed by atoms with Crippen LogP contribution in [0.1, 0.15) is 62.7 Å². The maximum Gasteiger partial charge on any atom is 0.416 e. The first kappa shape index (κ1) is 32.5. The van der Waals surface area contributed by atoms with Gasteiger partial charge in [0.2, 0.25) is 0 Å². The molecule has 4 saturated heterocycles. The zero-order valence-corrected chi connectivity index (χ0v) is 25.4. The normalized spacial score (nSPS) is 28.0. The summed E-state index contributed by atoms with van der Waals surface area (Å²) in [6.45, 7) is 10.7. The first-order chi connectivity index (χ1) is 21.2. The summed E-state index contributed by atoms with van der Waals surface area (Å²) in [5.74, 6) is -0.173. The highest BCUT2D eigenvalue weighted by atomic mass is 19.4. The summed E-state index contributed by atoms with van der Waals surface area (Å²) in [6, 6.07) is 5.95. The van der Waals surface area contributed by atoms with Crippen molar-refractivity contribution in [1.29, 1.82) is 0 Å². The molecule has 44 heavy (non-hydrogen) atoms. The molecule has 4 atom stereocenters. The lowest BCUT2D eigenvalue weighted by Gasteiger charge is -2.49. The number of fused-ring (bicyclic) bond motifs is 1. The Hall–Kier alpha value is -2.93. The molecule has 0 aliphatic carbocycles. The maximum atomic E-state index is 13.6. The summed E-state index contributed by atoms with van der Waals surface area (Å²) in [4.78, 5) is 22.3. The fraction of sp³-hybridized carbons (Fsp3) is 0.625. The average molecular weight is 620 g/mol. The highest BCUT2D eigenvalue weighted by Crippen LogP contribution is 2.34. The second-order valence-corrected chi connectivity index (χ2v) is 12.0. The first-order valence-electron chi connectivity index (χ1n) is 15.6. The zero-order chi connectivity index (χ0) is 31.3. The second-order valence-electron chi connectivity index (χ2n) is 12.0. The van der Waals surface area contributed by atoms with E-state index < -0.39 is 11.7 Å². The Labute approximate surface area is 257 Å². The quantitative estimate of drug-likeness (QED) is 0.195. The van der Waals surface area contributed by atoms with Gasteiger partial charge in [-0.05, 0) is 63.1 Å². The molecular formula is C32H44F3N5O4. The number of alkyl halides is 3. The number of morpholine rings is 1. The Bertz CT molecular complexity index is 1210. The van der Waals surface area contributed by atoms with Crippen LogP contribution in [0.15, 0.2) is 52.8 Å². The minimum atomic E-state index is -4.37. The average Bonchev–Trinajstić information content (AvgIpc) is 3.05. The number of hydrogen-bond donors (Lipinski definition) is 2. The Balaban J connectivity index is 1.15. The van der Waals surface area contributed by atoms with E-state index in [1.165, 1.54) is 12.1 Å². The molecule has 0 aromatic heterocycles. The van der Waals surface area contributed by atoms with E-state index in [4.69, 9.17) is 19.9 Å². The number of nitrogens with zero attached hydrogens (tertiary/aromatic N) is 3. The van der Waals surface area contributed by atoms with Crippen LogP contribution in [0, 0.1) is 0 Å². The van der Waals surface area contributed by atoms with Crippen molar-refractivity contribution in [2.24, 2.45) is 10.7 Å². The van der Waals surface area contributed by atoms with E-state index >= 15 is 0 Å². The molecule has 1 amide bonds. The molecule has 3 N–H and O–H groups in total. The number of likely N-dealkylation sites (tertiary alicyclic amines) is 1. The van der Waals surface area contributed by atoms with Gasteiger partial charge in [0, 0.05) is 56.1 Å². The van der Waals surface area contributed by atoms with Crippen molar-refractivity contribution >= 4 is 12.2 Å². The molecular weight excluding hydrogens is 575 g/mol. The van der Waals surface area contributed by atoms with Gasteiger partial charge < -0.3 is 30.2 Å². The van der Waals surface area contributed by atoms with Gasteiger partial charge in [-0.1, -0.05) is 18.7 Å². The number of hydrogen-bond acceptors (Lipinski definition) is 7. The van der Waals surface area contributed by atoms with E-state index in [1.807, 2.05) is 4.90 Å². The van der Waals surface area contributed by atoms with Crippen molar-refractivity contribution in [2.75, 3.05) is 46.0 Å². The maximum absolute atomic E-state index is 13.6. The number of carbonyl (C=O) groups is 1. The van der Waals surface area contributed by atoms with E-state index in [-0.39, 0.29) is 29.9 Å². The van der Waals surface area contributed by atoms with Gasteiger partial charge in [0.1, 0.15) is 5.70 Å². The number of aliphatic imine (C=N–C) groups is 1. The third kappa shape index (κ3) is 7.64. The van der Waals surface area contributed by atoms with Crippen LogP contribution in [-0.2, 0) is 25.2 Å². The third-order valence-electron chi connectivity index (χ3n) is 9.31. The minimum Gasteiger partial charge on any atom is -0.390 e. The molecule has 0 radical (unpaired) electrons. The lowest BCUT2D eigenvalue weighted by molar-refractivity contribution is -0.151. The van der Waals surface area contributed by atoms with Crippen LogP contribution in [-0.4, -0.2) is 92.3 Å². The van der Waals surface area contributed by atoms with E-state index in [9.17, 15) is 18.0 Å². The molecule has 4 aliphatic rings. The first-order valence-corrected chi connectivity index (χ1v) is 15.6. The van der Waals surface area contributed by atoms with Crippen LogP contribution in [0.3, 0.4) is 0 Å². The summed E-state index contributed by atoms with van der Waals surface area (Å²) in [5.41, 5.74) is 7.12. The second kappa shape index (κ2) is 14.4. The van der Waals surface area contributed by atoms with E-state index in [0.717, 1.165) is 75.7 Å². The molecule has 4 aliphatic heterocycles. The van der Waals surface area contributed by atoms with Crippen LogP contribution >= 0.6 is 0 Å². The van der Waals surface area contributed by atoms with Crippen molar-refractivity contribution in [3.63, 3.8) is 0 Å². The largest absolute Gasteiger partial charge is 0.416 e. The van der Waals surface area contributed by atoms with E-state index in [2.05, 4.69) is 21.8 Å². The van der Waals surface area contributed by atoms with E-state index in [1.54, 1.807) is 6.92 Å². The zero-order valence-electron chi connectivity index (χ0n) is 25.4. The van der Waals surface area contributed by atoms with Crippen molar-refractivity contribution in [3.05, 3.63) is 58.9 Å². The minimum absolute atomic E-state index is 0.126.